The number of amides is 1. The Balaban J connectivity index is 2.24. The van der Waals surface area contributed by atoms with Crippen molar-refractivity contribution >= 4 is 17.4 Å². The number of benzene rings is 1. The Labute approximate surface area is 169 Å². The van der Waals surface area contributed by atoms with Gasteiger partial charge < -0.3 is 14.9 Å². The molecule has 1 atom stereocenters. The van der Waals surface area contributed by atoms with Gasteiger partial charge in [0, 0.05) is 31.4 Å². The van der Waals surface area contributed by atoms with E-state index >= 15 is 0 Å². The molecule has 1 aliphatic heterocycles. The summed E-state index contributed by atoms with van der Waals surface area (Å²) in [5.74, 6) is -2.44. The number of carbonyl (C=O) groups is 2. The van der Waals surface area contributed by atoms with E-state index in [2.05, 4.69) is 5.10 Å². The number of aliphatic hydroxyl groups excluding tert-OH is 1. The van der Waals surface area contributed by atoms with Gasteiger partial charge in [0.2, 0.25) is 0 Å². The number of aliphatic hydroxyl groups is 1. The zero-order valence-corrected chi connectivity index (χ0v) is 17.2. The Hall–Kier alpha value is -3.00. The van der Waals surface area contributed by atoms with Gasteiger partial charge in [-0.05, 0) is 34.0 Å². The normalized spacial score (nSPS) is 18.9. The molecule has 1 fully saturated rings. The molecule has 1 aliphatic rings. The third kappa shape index (κ3) is 3.55. The summed E-state index contributed by atoms with van der Waals surface area (Å²) in [4.78, 5) is 28.9. The molecular formula is C21H25FN4O3. The maximum Gasteiger partial charge on any atom is 0.295 e. The molecule has 0 unspecified atom stereocenters. The van der Waals surface area contributed by atoms with Crippen LogP contribution >= 0.6 is 0 Å². The van der Waals surface area contributed by atoms with Gasteiger partial charge in [0.05, 0.1) is 22.9 Å². The lowest BCUT2D eigenvalue weighted by molar-refractivity contribution is -0.140. The van der Waals surface area contributed by atoms with E-state index in [0.717, 1.165) is 0 Å². The minimum atomic E-state index is -1.00. The number of carbonyl (C=O) groups excluding carboxylic acids is 2. The summed E-state index contributed by atoms with van der Waals surface area (Å²) in [6.07, 6.45) is 0. The molecule has 3 rings (SSSR count). The Morgan fingerprint density at radius 1 is 1.24 bits per heavy atom. The number of halogens is 1. The number of nitrogens with zero attached hydrogens (tertiary/aromatic N) is 4. The predicted octanol–water partition coefficient (Wildman–Crippen LogP) is 2.16. The largest absolute Gasteiger partial charge is 0.507 e. The molecule has 7 nitrogen and oxygen atoms in total. The SMILES string of the molecule is Cc1nn(C)c(C)c1C(O)=C1C(=O)C(=O)N(CCN(C)C)[C@@H]1c1ccccc1F. The molecule has 8 heteroatoms. The van der Waals surface area contributed by atoms with Gasteiger partial charge in [-0.25, -0.2) is 4.39 Å². The second-order valence-corrected chi connectivity index (χ2v) is 7.49. The first-order valence-corrected chi connectivity index (χ1v) is 9.33. The summed E-state index contributed by atoms with van der Waals surface area (Å²) in [6, 6.07) is 4.99. The number of likely N-dealkylation sites (N-methyl/N-ethyl adjacent to an activating group) is 1. The topological polar surface area (TPSA) is 78.7 Å². The Morgan fingerprint density at radius 3 is 2.45 bits per heavy atom. The highest BCUT2D eigenvalue weighted by Gasteiger charge is 2.47. The smallest absolute Gasteiger partial charge is 0.295 e. The second kappa shape index (κ2) is 7.79. The molecule has 1 N–H and O–H groups in total. The number of Topliss-reactive ketones (excluding diaryl/α,β-unsaturated/α-hetero) is 1. The molecule has 0 radical (unpaired) electrons. The second-order valence-electron chi connectivity index (χ2n) is 7.49. The Kier molecular flexibility index (Phi) is 5.57. The maximum atomic E-state index is 14.7. The molecule has 2 heterocycles. The van der Waals surface area contributed by atoms with Crippen molar-refractivity contribution in [1.29, 1.82) is 0 Å². The van der Waals surface area contributed by atoms with Gasteiger partial charge in [-0.2, -0.15) is 5.10 Å². The van der Waals surface area contributed by atoms with E-state index in [9.17, 15) is 19.1 Å². The van der Waals surface area contributed by atoms with Crippen LogP contribution in [0.4, 0.5) is 4.39 Å². The monoisotopic (exact) mass is 400 g/mol. The molecule has 29 heavy (non-hydrogen) atoms. The van der Waals surface area contributed by atoms with Crippen LogP contribution in [-0.4, -0.2) is 63.6 Å². The molecule has 0 spiro atoms. The molecule has 1 saturated heterocycles. The molecule has 0 saturated carbocycles. The van der Waals surface area contributed by atoms with Crippen molar-refractivity contribution in [2.75, 3.05) is 27.2 Å². The first-order valence-electron chi connectivity index (χ1n) is 9.33. The summed E-state index contributed by atoms with van der Waals surface area (Å²) in [5.41, 5.74) is 1.62. The van der Waals surface area contributed by atoms with Crippen LogP contribution in [0.25, 0.3) is 5.76 Å². The van der Waals surface area contributed by atoms with Crippen LogP contribution in [0.5, 0.6) is 0 Å². The predicted molar refractivity (Wildman–Crippen MR) is 107 cm³/mol. The number of likely N-dealkylation sites (tertiary alicyclic amines) is 1. The number of hydrogen-bond acceptors (Lipinski definition) is 5. The first-order chi connectivity index (χ1) is 13.6. The fraction of sp³-hybridized carbons (Fsp3) is 0.381. The van der Waals surface area contributed by atoms with Gasteiger partial charge >= 0.3 is 0 Å². The number of rotatable bonds is 5. The van der Waals surface area contributed by atoms with Gasteiger partial charge in [0.25, 0.3) is 11.7 Å². The van der Waals surface area contributed by atoms with Crippen LogP contribution < -0.4 is 0 Å². The molecule has 0 aliphatic carbocycles. The molecule has 1 amide bonds. The lowest BCUT2D eigenvalue weighted by Crippen LogP contribution is -2.35. The fourth-order valence-corrected chi connectivity index (χ4v) is 3.69. The van der Waals surface area contributed by atoms with E-state index in [1.165, 1.54) is 17.0 Å². The zero-order valence-electron chi connectivity index (χ0n) is 17.2. The third-order valence-corrected chi connectivity index (χ3v) is 5.27. The number of aryl methyl sites for hydroxylation is 2. The van der Waals surface area contributed by atoms with Crippen molar-refractivity contribution in [3.05, 3.63) is 58.2 Å². The van der Waals surface area contributed by atoms with E-state index < -0.39 is 23.5 Å². The fourth-order valence-electron chi connectivity index (χ4n) is 3.69. The summed E-state index contributed by atoms with van der Waals surface area (Å²) in [5, 5.41) is 15.4. The quantitative estimate of drug-likeness (QED) is 0.473. The van der Waals surface area contributed by atoms with Gasteiger partial charge in [-0.3, -0.25) is 14.3 Å². The van der Waals surface area contributed by atoms with E-state index in [4.69, 9.17) is 0 Å². The lowest BCUT2D eigenvalue weighted by Gasteiger charge is -2.26. The minimum absolute atomic E-state index is 0.113. The summed E-state index contributed by atoms with van der Waals surface area (Å²) in [7, 11) is 5.41. The molecule has 154 valence electrons. The first kappa shape index (κ1) is 20.7. The summed E-state index contributed by atoms with van der Waals surface area (Å²) < 4.78 is 16.3. The van der Waals surface area contributed by atoms with Crippen molar-refractivity contribution in [1.82, 2.24) is 19.6 Å². The van der Waals surface area contributed by atoms with Crippen LogP contribution in [0.3, 0.4) is 0 Å². The highest BCUT2D eigenvalue weighted by atomic mass is 19.1. The number of hydrogen-bond donors (Lipinski definition) is 1. The summed E-state index contributed by atoms with van der Waals surface area (Å²) in [6.45, 7) is 4.18. The van der Waals surface area contributed by atoms with Crippen LogP contribution in [0, 0.1) is 19.7 Å². The van der Waals surface area contributed by atoms with Crippen LogP contribution in [0.1, 0.15) is 28.6 Å². The van der Waals surface area contributed by atoms with Gasteiger partial charge in [-0.15, -0.1) is 0 Å². The van der Waals surface area contributed by atoms with Crippen molar-refractivity contribution < 1.29 is 19.1 Å². The van der Waals surface area contributed by atoms with Crippen LogP contribution in [0.15, 0.2) is 29.8 Å². The highest BCUT2D eigenvalue weighted by Crippen LogP contribution is 2.40. The molecular weight excluding hydrogens is 375 g/mol. The molecule has 1 aromatic carbocycles. The minimum Gasteiger partial charge on any atom is -0.507 e. The van der Waals surface area contributed by atoms with E-state index in [-0.39, 0.29) is 23.4 Å². The van der Waals surface area contributed by atoms with Gasteiger partial charge in [0.1, 0.15) is 11.6 Å². The van der Waals surface area contributed by atoms with E-state index in [1.54, 1.807) is 37.7 Å². The molecule has 2 aromatic rings. The van der Waals surface area contributed by atoms with Gasteiger partial charge in [0.15, 0.2) is 0 Å². The van der Waals surface area contributed by atoms with Crippen molar-refractivity contribution in [3.63, 3.8) is 0 Å². The van der Waals surface area contributed by atoms with Crippen molar-refractivity contribution in [2.45, 2.75) is 19.9 Å². The molecule has 1 aromatic heterocycles. The zero-order chi connectivity index (χ0) is 21.5. The standard InChI is InChI=1S/C21H25FN4O3/c1-12-16(13(2)25(5)23-12)19(27)17-18(14-8-6-7-9-15(14)22)26(11-10-24(3)4)21(29)20(17)28/h6-9,18,27H,10-11H2,1-5H3/t18-/m1/s1. The Bertz CT molecular complexity index is 1010. The average Bonchev–Trinajstić information content (AvgIpc) is 3.06. The number of aromatic nitrogens is 2. The van der Waals surface area contributed by atoms with Gasteiger partial charge in [-0.1, -0.05) is 18.2 Å². The Morgan fingerprint density at radius 2 is 1.90 bits per heavy atom. The lowest BCUT2D eigenvalue weighted by atomic mass is 9.94. The van der Waals surface area contributed by atoms with E-state index in [0.29, 0.717) is 23.5 Å². The molecule has 0 bridgehead atoms. The highest BCUT2D eigenvalue weighted by molar-refractivity contribution is 6.46. The number of ketones is 1. The van der Waals surface area contributed by atoms with Crippen LogP contribution in [0.2, 0.25) is 0 Å². The average molecular weight is 400 g/mol. The maximum absolute atomic E-state index is 14.7. The van der Waals surface area contributed by atoms with Crippen molar-refractivity contribution in [2.24, 2.45) is 7.05 Å². The third-order valence-electron chi connectivity index (χ3n) is 5.27. The summed E-state index contributed by atoms with van der Waals surface area (Å²) >= 11 is 0. The van der Waals surface area contributed by atoms with Crippen LogP contribution in [-0.2, 0) is 16.6 Å². The van der Waals surface area contributed by atoms with E-state index in [1.807, 2.05) is 19.0 Å². The van der Waals surface area contributed by atoms with Crippen molar-refractivity contribution in [3.8, 4) is 0 Å².